The number of nitrogens with one attached hydrogen (secondary N) is 1. The smallest absolute Gasteiger partial charge is 0.307 e. The number of carbonyl (C=O) groups is 2. The van der Waals surface area contributed by atoms with Crippen LogP contribution in [0.15, 0.2) is 71.8 Å². The average Bonchev–Trinajstić information content (AvgIpc) is 3.80. The number of fused-ring (bicyclic) bond motifs is 1. The van der Waals surface area contributed by atoms with Crippen LogP contribution in [-0.2, 0) is 4.79 Å². The van der Waals surface area contributed by atoms with Gasteiger partial charge >= 0.3 is 5.97 Å². The monoisotopic (exact) mass is 483 g/mol. The number of aliphatic carboxylic acids is 1. The summed E-state index contributed by atoms with van der Waals surface area (Å²) in [6.45, 7) is 0. The molecule has 2 heterocycles. The van der Waals surface area contributed by atoms with Crippen molar-refractivity contribution in [1.29, 1.82) is 0 Å². The van der Waals surface area contributed by atoms with Crippen LogP contribution in [0.2, 0.25) is 0 Å². The fourth-order valence-corrected chi connectivity index (χ4v) is 4.67. The molecule has 0 spiro atoms. The number of benzene rings is 2. The number of hydrogen-bond acceptors (Lipinski definition) is 4. The van der Waals surface area contributed by atoms with Gasteiger partial charge in [0.15, 0.2) is 0 Å². The van der Waals surface area contributed by atoms with Gasteiger partial charge in [0.05, 0.1) is 11.3 Å². The molecule has 2 aliphatic carbocycles. The highest BCUT2D eigenvalue weighted by Gasteiger charge is 2.44. The van der Waals surface area contributed by atoms with Gasteiger partial charge in [-0.3, -0.25) is 14.4 Å². The van der Waals surface area contributed by atoms with Gasteiger partial charge in [-0.1, -0.05) is 24.3 Å². The van der Waals surface area contributed by atoms with Gasteiger partial charge in [-0.25, -0.2) is 9.37 Å². The Morgan fingerprint density at radius 2 is 1.92 bits per heavy atom. The van der Waals surface area contributed by atoms with Crippen molar-refractivity contribution < 1.29 is 19.1 Å². The quantitative estimate of drug-likeness (QED) is 0.427. The van der Waals surface area contributed by atoms with E-state index in [4.69, 9.17) is 0 Å². The molecule has 2 fully saturated rings. The molecule has 2 N–H and O–H groups in total. The maximum atomic E-state index is 15.1. The molecule has 8 heteroatoms. The van der Waals surface area contributed by atoms with E-state index < -0.39 is 23.6 Å². The molecule has 0 unspecified atom stereocenters. The lowest BCUT2D eigenvalue weighted by atomic mass is 10.00. The molecule has 7 nitrogen and oxygen atoms in total. The molecule has 0 saturated heterocycles. The number of carboxylic acids is 1. The number of hydrogen-bond donors (Lipinski definition) is 2. The van der Waals surface area contributed by atoms with Crippen LogP contribution in [0.5, 0.6) is 0 Å². The van der Waals surface area contributed by atoms with Gasteiger partial charge in [0, 0.05) is 29.7 Å². The Morgan fingerprint density at radius 3 is 2.64 bits per heavy atom. The third kappa shape index (κ3) is 3.94. The van der Waals surface area contributed by atoms with Gasteiger partial charge in [-0.05, 0) is 66.6 Å². The summed E-state index contributed by atoms with van der Waals surface area (Å²) in [6, 6.07) is 15.4. The lowest BCUT2D eigenvalue weighted by Crippen LogP contribution is -2.31. The first kappa shape index (κ1) is 22.2. The molecule has 6 rings (SSSR count). The minimum Gasteiger partial charge on any atom is -0.481 e. The lowest BCUT2D eigenvalue weighted by Gasteiger charge is -2.14. The van der Waals surface area contributed by atoms with Crippen LogP contribution >= 0.6 is 0 Å². The van der Waals surface area contributed by atoms with Crippen LogP contribution in [0.3, 0.4) is 0 Å². The van der Waals surface area contributed by atoms with E-state index in [0.29, 0.717) is 39.8 Å². The number of aromatic nitrogens is 2. The minimum absolute atomic E-state index is 0.0285. The molecule has 0 aliphatic heterocycles. The fraction of sp³-hybridized carbons (Fsp3) is 0.214. The Bertz CT molecular complexity index is 1610. The van der Waals surface area contributed by atoms with E-state index in [9.17, 15) is 19.5 Å². The third-order valence-corrected chi connectivity index (χ3v) is 6.88. The summed E-state index contributed by atoms with van der Waals surface area (Å²) in [4.78, 5) is 41.4. The van der Waals surface area contributed by atoms with Crippen LogP contribution in [0.1, 0.15) is 41.1 Å². The molecule has 2 atom stereocenters. The van der Waals surface area contributed by atoms with E-state index in [1.807, 2.05) is 0 Å². The summed E-state index contributed by atoms with van der Waals surface area (Å²) in [5.74, 6) is -2.32. The number of carbonyl (C=O) groups excluding carboxylic acids is 1. The maximum absolute atomic E-state index is 15.1. The molecular formula is C28H22FN3O4. The Balaban J connectivity index is 1.41. The van der Waals surface area contributed by atoms with E-state index >= 15 is 4.39 Å². The van der Waals surface area contributed by atoms with Crippen molar-refractivity contribution in [3.63, 3.8) is 0 Å². The molecule has 2 aliphatic rings. The zero-order chi connectivity index (χ0) is 25.0. The van der Waals surface area contributed by atoms with Crippen LogP contribution in [0, 0.1) is 11.7 Å². The van der Waals surface area contributed by atoms with Crippen LogP contribution in [0.4, 0.5) is 4.39 Å². The Kier molecular flexibility index (Phi) is 5.17. The van der Waals surface area contributed by atoms with Crippen molar-refractivity contribution in [2.45, 2.75) is 31.2 Å². The summed E-state index contributed by atoms with van der Waals surface area (Å²) in [5, 5.41) is 12.4. The van der Waals surface area contributed by atoms with Crippen molar-refractivity contribution >= 4 is 22.9 Å². The minimum atomic E-state index is -0.857. The molecule has 0 radical (unpaired) electrons. The number of nitrogens with zero attached hydrogens (tertiary/aromatic N) is 2. The molecule has 0 bridgehead atoms. The summed E-state index contributed by atoms with van der Waals surface area (Å²) in [5.41, 5.74) is 2.32. The highest BCUT2D eigenvalue weighted by Crippen LogP contribution is 2.48. The van der Waals surface area contributed by atoms with Gasteiger partial charge in [0.1, 0.15) is 17.0 Å². The van der Waals surface area contributed by atoms with Crippen molar-refractivity contribution in [3.8, 4) is 16.8 Å². The molecule has 2 aromatic heterocycles. The number of amides is 1. The van der Waals surface area contributed by atoms with Gasteiger partial charge in [-0.15, -0.1) is 0 Å². The highest BCUT2D eigenvalue weighted by atomic mass is 19.1. The predicted octanol–water partition coefficient (Wildman–Crippen LogP) is 4.27. The third-order valence-electron chi connectivity index (χ3n) is 6.88. The average molecular weight is 483 g/mol. The SMILES string of the molecule is O=C(NC1CC1)c1cn(-c2cccc(-c3ccc([C@@H]4C[C@H]4C(=O)O)cc3F)c2)c2ncccc2c1=O. The van der Waals surface area contributed by atoms with Crippen molar-refractivity contribution in [3.05, 3.63) is 94.2 Å². The molecule has 2 saturated carbocycles. The zero-order valence-electron chi connectivity index (χ0n) is 19.1. The van der Waals surface area contributed by atoms with Crippen molar-refractivity contribution in [2.24, 2.45) is 5.92 Å². The standard InChI is InChI=1S/C28H22FN3O4/c29-24-12-16(21-13-22(21)28(35)36)6-9-19(24)15-3-1-4-18(11-15)32-14-23(27(34)31-17-7-8-17)25(33)20-5-2-10-30-26(20)32/h1-6,9-12,14,17,21-22H,7-8,13H2,(H,31,34)(H,35,36)/t21-,22+/m0/s1. The summed E-state index contributed by atoms with van der Waals surface area (Å²) < 4.78 is 16.8. The van der Waals surface area contributed by atoms with E-state index in [0.717, 1.165) is 12.8 Å². The Morgan fingerprint density at radius 1 is 1.08 bits per heavy atom. The molecule has 36 heavy (non-hydrogen) atoms. The normalized spacial score (nSPS) is 18.7. The number of halogens is 1. The summed E-state index contributed by atoms with van der Waals surface area (Å²) in [7, 11) is 0. The lowest BCUT2D eigenvalue weighted by molar-refractivity contribution is -0.138. The van der Waals surface area contributed by atoms with Gasteiger partial charge in [-0.2, -0.15) is 0 Å². The first-order chi connectivity index (χ1) is 17.4. The number of carboxylic acid groups (broad SMARTS) is 1. The Labute approximate surface area is 205 Å². The summed E-state index contributed by atoms with van der Waals surface area (Å²) >= 11 is 0. The van der Waals surface area contributed by atoms with E-state index in [1.54, 1.807) is 59.3 Å². The first-order valence-corrected chi connectivity index (χ1v) is 11.8. The molecular weight excluding hydrogens is 461 g/mol. The van der Waals surface area contributed by atoms with Crippen LogP contribution in [-0.4, -0.2) is 32.6 Å². The van der Waals surface area contributed by atoms with Gasteiger partial charge < -0.3 is 15.0 Å². The Hall–Kier alpha value is -4.33. The second-order valence-electron chi connectivity index (χ2n) is 9.44. The second-order valence-corrected chi connectivity index (χ2v) is 9.44. The first-order valence-electron chi connectivity index (χ1n) is 11.8. The van der Waals surface area contributed by atoms with Gasteiger partial charge in [0.25, 0.3) is 5.91 Å². The number of pyridine rings is 2. The fourth-order valence-electron chi connectivity index (χ4n) is 4.67. The molecule has 4 aromatic rings. The maximum Gasteiger partial charge on any atom is 0.307 e. The summed E-state index contributed by atoms with van der Waals surface area (Å²) in [6.07, 6.45) is 5.39. The largest absolute Gasteiger partial charge is 0.481 e. The van der Waals surface area contributed by atoms with E-state index in [1.165, 1.54) is 12.3 Å². The molecule has 180 valence electrons. The second kappa shape index (κ2) is 8.41. The molecule has 2 aromatic carbocycles. The zero-order valence-corrected chi connectivity index (χ0v) is 19.1. The van der Waals surface area contributed by atoms with Crippen LogP contribution in [0.25, 0.3) is 27.8 Å². The van der Waals surface area contributed by atoms with E-state index in [-0.39, 0.29) is 23.0 Å². The highest BCUT2D eigenvalue weighted by molar-refractivity contribution is 5.97. The van der Waals surface area contributed by atoms with Crippen molar-refractivity contribution in [1.82, 2.24) is 14.9 Å². The van der Waals surface area contributed by atoms with Crippen molar-refractivity contribution in [2.75, 3.05) is 0 Å². The number of rotatable bonds is 6. The molecule has 1 amide bonds. The topological polar surface area (TPSA) is 101 Å². The van der Waals surface area contributed by atoms with Crippen LogP contribution < -0.4 is 10.7 Å². The predicted molar refractivity (Wildman–Crippen MR) is 132 cm³/mol. The van der Waals surface area contributed by atoms with Gasteiger partial charge in [0.2, 0.25) is 5.43 Å². The van der Waals surface area contributed by atoms with E-state index in [2.05, 4.69) is 10.3 Å².